The smallest absolute Gasteiger partial charge is 0.246 e. The summed E-state index contributed by atoms with van der Waals surface area (Å²) < 4.78 is 12.3. The van der Waals surface area contributed by atoms with E-state index in [1.54, 1.807) is 6.08 Å². The fraction of sp³-hybridized carbons (Fsp3) is 0.290. The zero-order valence-electron chi connectivity index (χ0n) is 20.8. The third-order valence-electron chi connectivity index (χ3n) is 7.31. The van der Waals surface area contributed by atoms with Crippen LogP contribution in [0.5, 0.6) is 11.5 Å². The second-order valence-corrected chi connectivity index (χ2v) is 9.77. The third-order valence-corrected chi connectivity index (χ3v) is 7.31. The van der Waals surface area contributed by atoms with Crippen LogP contribution >= 0.6 is 0 Å². The monoisotopic (exact) mass is 481 g/mol. The Kier molecular flexibility index (Phi) is 6.64. The first-order valence-corrected chi connectivity index (χ1v) is 12.5. The Balaban J connectivity index is 1.16. The summed E-state index contributed by atoms with van der Waals surface area (Å²) in [6.45, 7) is 5.70. The van der Waals surface area contributed by atoms with Crippen LogP contribution in [0.3, 0.4) is 0 Å². The lowest BCUT2D eigenvalue weighted by Crippen LogP contribution is -2.52. The molecule has 0 aromatic heterocycles. The molecule has 36 heavy (non-hydrogen) atoms. The first-order chi connectivity index (χ1) is 17.4. The Hall–Kier alpha value is -3.86. The highest BCUT2D eigenvalue weighted by atomic mass is 16.5. The molecule has 5 nitrogen and oxygen atoms in total. The molecular formula is C31H31NO4. The number of nitrogens with zero attached hydrogens (tertiary/aromatic N) is 1. The lowest BCUT2D eigenvalue weighted by atomic mass is 9.81. The lowest BCUT2D eigenvalue weighted by molar-refractivity contribution is -0.129. The van der Waals surface area contributed by atoms with Crippen LogP contribution in [0.15, 0.2) is 72.8 Å². The van der Waals surface area contributed by atoms with Gasteiger partial charge in [0.25, 0.3) is 0 Å². The fourth-order valence-electron chi connectivity index (χ4n) is 4.88. The maximum atomic E-state index is 12.9. The Bertz CT molecular complexity index is 1290. The number of rotatable bonds is 5. The van der Waals surface area contributed by atoms with Crippen molar-refractivity contribution in [2.24, 2.45) is 0 Å². The standard InChI is InChI=1S/C31H31NO4/c1-22-8-14-27-28(33)20-31(36-30(27)23(22)2)16-18-32(19-17-31)29(34)15-11-24-9-12-26(13-10-24)35-21-25-6-4-3-5-7-25/h3-15H,16-21H2,1-2H3/b15-11+. The van der Waals surface area contributed by atoms with Crippen molar-refractivity contribution in [3.63, 3.8) is 0 Å². The molecule has 5 heteroatoms. The molecule has 3 aromatic carbocycles. The molecule has 0 saturated carbocycles. The summed E-state index contributed by atoms with van der Waals surface area (Å²) in [6, 6.07) is 21.6. The van der Waals surface area contributed by atoms with Gasteiger partial charge >= 0.3 is 0 Å². The van der Waals surface area contributed by atoms with Gasteiger partial charge in [0.2, 0.25) is 5.91 Å². The molecule has 0 aliphatic carbocycles. The van der Waals surface area contributed by atoms with Gasteiger partial charge in [0.1, 0.15) is 23.7 Å². The summed E-state index contributed by atoms with van der Waals surface area (Å²) in [6.07, 6.45) is 5.13. The summed E-state index contributed by atoms with van der Waals surface area (Å²) in [5, 5.41) is 0. The molecule has 0 N–H and O–H groups in total. The molecule has 1 saturated heterocycles. The molecule has 184 valence electrons. The molecule has 5 rings (SSSR count). The summed E-state index contributed by atoms with van der Waals surface area (Å²) in [5.41, 5.74) is 4.37. The van der Waals surface area contributed by atoms with Crippen LogP contribution in [-0.4, -0.2) is 35.3 Å². The van der Waals surface area contributed by atoms with E-state index in [1.807, 2.05) is 91.6 Å². The zero-order chi connectivity index (χ0) is 25.1. The van der Waals surface area contributed by atoms with Crippen LogP contribution in [0.25, 0.3) is 6.08 Å². The first-order valence-electron chi connectivity index (χ1n) is 12.5. The number of Topliss-reactive ketones (excluding diaryl/α,β-unsaturated/α-hetero) is 1. The summed E-state index contributed by atoms with van der Waals surface area (Å²) >= 11 is 0. The number of likely N-dealkylation sites (tertiary alicyclic amines) is 1. The fourth-order valence-corrected chi connectivity index (χ4v) is 4.88. The van der Waals surface area contributed by atoms with Crippen molar-refractivity contribution in [2.75, 3.05) is 13.1 Å². The van der Waals surface area contributed by atoms with Crippen molar-refractivity contribution in [1.29, 1.82) is 0 Å². The van der Waals surface area contributed by atoms with Crippen LogP contribution < -0.4 is 9.47 Å². The van der Waals surface area contributed by atoms with E-state index in [1.165, 1.54) is 0 Å². The van der Waals surface area contributed by atoms with Gasteiger partial charge in [-0.2, -0.15) is 0 Å². The van der Waals surface area contributed by atoms with Gasteiger partial charge in [0.05, 0.1) is 12.0 Å². The van der Waals surface area contributed by atoms with Crippen LogP contribution in [0.1, 0.15) is 51.9 Å². The van der Waals surface area contributed by atoms with Crippen LogP contribution in [0, 0.1) is 13.8 Å². The van der Waals surface area contributed by atoms with Crippen LogP contribution in [0.2, 0.25) is 0 Å². The van der Waals surface area contributed by atoms with E-state index in [0.717, 1.165) is 33.8 Å². The SMILES string of the molecule is Cc1ccc2c(c1C)OC1(CCN(C(=O)/C=C/c3ccc(OCc4ccccc4)cc3)CC1)CC2=O. The van der Waals surface area contributed by atoms with Crippen molar-refractivity contribution < 1.29 is 19.1 Å². The molecule has 2 heterocycles. The Morgan fingerprint density at radius 3 is 2.44 bits per heavy atom. The number of amides is 1. The molecule has 1 spiro atoms. The Morgan fingerprint density at radius 1 is 1.00 bits per heavy atom. The Labute approximate surface area is 212 Å². The maximum absolute atomic E-state index is 12.9. The van der Waals surface area contributed by atoms with E-state index in [0.29, 0.717) is 44.5 Å². The van der Waals surface area contributed by atoms with Crippen molar-refractivity contribution in [3.8, 4) is 11.5 Å². The van der Waals surface area contributed by atoms with Crippen LogP contribution in [-0.2, 0) is 11.4 Å². The number of hydrogen-bond acceptors (Lipinski definition) is 4. The minimum Gasteiger partial charge on any atom is -0.489 e. The highest BCUT2D eigenvalue weighted by Gasteiger charge is 2.44. The van der Waals surface area contributed by atoms with Gasteiger partial charge in [0, 0.05) is 32.0 Å². The van der Waals surface area contributed by atoms with Gasteiger partial charge in [-0.15, -0.1) is 0 Å². The van der Waals surface area contributed by atoms with E-state index >= 15 is 0 Å². The van der Waals surface area contributed by atoms with E-state index < -0.39 is 5.60 Å². The van der Waals surface area contributed by atoms with Crippen molar-refractivity contribution in [2.45, 2.75) is 45.3 Å². The summed E-state index contributed by atoms with van der Waals surface area (Å²) in [5.74, 6) is 1.62. The van der Waals surface area contributed by atoms with E-state index in [2.05, 4.69) is 0 Å². The van der Waals surface area contributed by atoms with Gasteiger partial charge in [-0.05, 0) is 60.4 Å². The minimum atomic E-state index is -0.515. The second kappa shape index (κ2) is 10.0. The molecule has 0 radical (unpaired) electrons. The molecule has 2 aliphatic rings. The predicted molar refractivity (Wildman–Crippen MR) is 140 cm³/mol. The minimum absolute atomic E-state index is 0.0242. The second-order valence-electron chi connectivity index (χ2n) is 9.77. The largest absolute Gasteiger partial charge is 0.489 e. The average molecular weight is 482 g/mol. The maximum Gasteiger partial charge on any atom is 0.246 e. The number of carbonyl (C=O) groups is 2. The average Bonchev–Trinajstić information content (AvgIpc) is 2.90. The van der Waals surface area contributed by atoms with Gasteiger partial charge in [0.15, 0.2) is 5.78 Å². The van der Waals surface area contributed by atoms with Gasteiger partial charge in [-0.25, -0.2) is 0 Å². The first kappa shape index (κ1) is 23.9. The van der Waals surface area contributed by atoms with Gasteiger partial charge < -0.3 is 14.4 Å². The lowest BCUT2D eigenvalue weighted by Gasteiger charge is -2.44. The molecule has 0 atom stereocenters. The van der Waals surface area contributed by atoms with E-state index in [9.17, 15) is 9.59 Å². The highest BCUT2D eigenvalue weighted by molar-refractivity contribution is 6.01. The number of ether oxygens (including phenoxy) is 2. The van der Waals surface area contributed by atoms with Gasteiger partial charge in [-0.1, -0.05) is 48.5 Å². The molecule has 1 fully saturated rings. The number of fused-ring (bicyclic) bond motifs is 1. The quantitative estimate of drug-likeness (QED) is 0.425. The third kappa shape index (κ3) is 5.06. The number of benzene rings is 3. The Morgan fingerprint density at radius 2 is 1.72 bits per heavy atom. The normalized spacial score (nSPS) is 16.6. The summed E-state index contributed by atoms with van der Waals surface area (Å²) in [7, 11) is 0. The number of ketones is 1. The van der Waals surface area contributed by atoms with Crippen molar-refractivity contribution in [3.05, 3.63) is 101 Å². The predicted octanol–water partition coefficient (Wildman–Crippen LogP) is 5.92. The molecule has 0 unspecified atom stereocenters. The number of piperidine rings is 1. The zero-order valence-corrected chi connectivity index (χ0v) is 20.8. The molecular weight excluding hydrogens is 450 g/mol. The highest BCUT2D eigenvalue weighted by Crippen LogP contribution is 2.41. The summed E-state index contributed by atoms with van der Waals surface area (Å²) in [4.78, 5) is 27.5. The van der Waals surface area contributed by atoms with E-state index in [4.69, 9.17) is 9.47 Å². The van der Waals surface area contributed by atoms with E-state index in [-0.39, 0.29) is 11.7 Å². The van der Waals surface area contributed by atoms with Gasteiger partial charge in [-0.3, -0.25) is 9.59 Å². The number of aryl methyl sites for hydroxylation is 1. The van der Waals surface area contributed by atoms with Crippen LogP contribution in [0.4, 0.5) is 0 Å². The topological polar surface area (TPSA) is 55.8 Å². The van der Waals surface area contributed by atoms with Crippen molar-refractivity contribution >= 4 is 17.8 Å². The molecule has 3 aromatic rings. The number of carbonyl (C=O) groups excluding carboxylic acids is 2. The molecule has 2 aliphatic heterocycles. The molecule has 1 amide bonds. The van der Waals surface area contributed by atoms with Crippen molar-refractivity contribution in [1.82, 2.24) is 4.90 Å². The molecule has 0 bridgehead atoms. The number of hydrogen-bond donors (Lipinski definition) is 0.